The largest absolute Gasteiger partial charge is 0.343 e. The molecule has 0 bridgehead atoms. The minimum atomic E-state index is 0.327. The SMILES string of the molecule is CCNCC1CCN(C(=O)CCc2ccsc2)CC1. The molecule has 1 N–H and O–H groups in total. The van der Waals surface area contributed by atoms with Gasteiger partial charge in [-0.3, -0.25) is 4.79 Å². The maximum absolute atomic E-state index is 12.1. The van der Waals surface area contributed by atoms with Gasteiger partial charge in [0.05, 0.1) is 0 Å². The Kier molecular flexibility index (Phi) is 5.86. The average Bonchev–Trinajstić information content (AvgIpc) is 2.96. The number of hydrogen-bond acceptors (Lipinski definition) is 3. The van der Waals surface area contributed by atoms with Crippen molar-refractivity contribution in [1.29, 1.82) is 0 Å². The number of nitrogens with zero attached hydrogens (tertiary/aromatic N) is 1. The zero-order chi connectivity index (χ0) is 13.5. The standard InChI is InChI=1S/C15H24N2OS/c1-2-16-11-13-5-8-17(9-6-13)15(18)4-3-14-7-10-19-12-14/h7,10,12-13,16H,2-6,8-9,11H2,1H3. The molecule has 0 spiro atoms. The number of aryl methyl sites for hydroxylation is 1. The summed E-state index contributed by atoms with van der Waals surface area (Å²) in [5.74, 6) is 1.08. The molecule has 0 saturated carbocycles. The predicted octanol–water partition coefficient (Wildman–Crippen LogP) is 2.53. The highest BCUT2D eigenvalue weighted by molar-refractivity contribution is 7.07. The molecule has 2 heterocycles. The molecule has 106 valence electrons. The van der Waals surface area contributed by atoms with Crippen LogP contribution in [0.25, 0.3) is 0 Å². The van der Waals surface area contributed by atoms with Crippen molar-refractivity contribution in [2.45, 2.75) is 32.6 Å². The van der Waals surface area contributed by atoms with Crippen molar-refractivity contribution in [1.82, 2.24) is 10.2 Å². The predicted molar refractivity (Wildman–Crippen MR) is 80.5 cm³/mol. The molecular formula is C15H24N2OS. The molecule has 1 aliphatic heterocycles. The Morgan fingerprint density at radius 3 is 2.89 bits per heavy atom. The molecule has 1 fully saturated rings. The molecular weight excluding hydrogens is 256 g/mol. The summed E-state index contributed by atoms with van der Waals surface area (Å²) in [4.78, 5) is 14.2. The third-order valence-corrected chi connectivity index (χ3v) is 4.59. The second-order valence-electron chi connectivity index (χ2n) is 5.26. The Labute approximate surface area is 120 Å². The molecule has 0 aliphatic carbocycles. The van der Waals surface area contributed by atoms with Crippen LogP contribution in [-0.4, -0.2) is 37.0 Å². The smallest absolute Gasteiger partial charge is 0.222 e. The second kappa shape index (κ2) is 7.65. The Morgan fingerprint density at radius 1 is 1.47 bits per heavy atom. The molecule has 1 aromatic rings. The zero-order valence-electron chi connectivity index (χ0n) is 11.7. The third kappa shape index (κ3) is 4.62. The van der Waals surface area contributed by atoms with Gasteiger partial charge in [0.25, 0.3) is 0 Å². The summed E-state index contributed by atoms with van der Waals surface area (Å²) in [5, 5.41) is 7.61. The van der Waals surface area contributed by atoms with E-state index in [2.05, 4.69) is 34.0 Å². The van der Waals surface area contributed by atoms with Crippen molar-refractivity contribution in [2.75, 3.05) is 26.2 Å². The number of carbonyl (C=O) groups is 1. The van der Waals surface area contributed by atoms with Gasteiger partial charge < -0.3 is 10.2 Å². The molecule has 2 rings (SSSR count). The number of carbonyl (C=O) groups excluding carboxylic acids is 1. The molecule has 0 unspecified atom stereocenters. The number of likely N-dealkylation sites (tertiary alicyclic amines) is 1. The van der Waals surface area contributed by atoms with Crippen molar-refractivity contribution in [3.63, 3.8) is 0 Å². The molecule has 1 aromatic heterocycles. The van der Waals surface area contributed by atoms with Gasteiger partial charge in [-0.25, -0.2) is 0 Å². The Bertz CT molecular complexity index is 370. The molecule has 0 radical (unpaired) electrons. The van der Waals surface area contributed by atoms with E-state index in [1.54, 1.807) is 11.3 Å². The van der Waals surface area contributed by atoms with Crippen LogP contribution in [0.2, 0.25) is 0 Å². The van der Waals surface area contributed by atoms with Gasteiger partial charge in [0.2, 0.25) is 5.91 Å². The summed E-state index contributed by atoms with van der Waals surface area (Å²) in [7, 11) is 0. The van der Waals surface area contributed by atoms with Crippen LogP contribution in [0.4, 0.5) is 0 Å². The molecule has 1 aliphatic rings. The first kappa shape index (κ1) is 14.5. The Hall–Kier alpha value is -0.870. The molecule has 0 aromatic carbocycles. The minimum absolute atomic E-state index is 0.327. The van der Waals surface area contributed by atoms with Gasteiger partial charge in [-0.15, -0.1) is 0 Å². The van der Waals surface area contributed by atoms with E-state index in [9.17, 15) is 4.79 Å². The highest BCUT2D eigenvalue weighted by Crippen LogP contribution is 2.18. The first-order valence-electron chi connectivity index (χ1n) is 7.29. The topological polar surface area (TPSA) is 32.3 Å². The van der Waals surface area contributed by atoms with E-state index in [1.807, 2.05) is 0 Å². The van der Waals surface area contributed by atoms with E-state index < -0.39 is 0 Å². The van der Waals surface area contributed by atoms with Crippen LogP contribution in [0.5, 0.6) is 0 Å². The highest BCUT2D eigenvalue weighted by atomic mass is 32.1. The fourth-order valence-corrected chi connectivity index (χ4v) is 3.28. The lowest BCUT2D eigenvalue weighted by Crippen LogP contribution is -2.40. The Morgan fingerprint density at radius 2 is 2.26 bits per heavy atom. The van der Waals surface area contributed by atoms with Gasteiger partial charge in [-0.05, 0) is 60.7 Å². The van der Waals surface area contributed by atoms with Gasteiger partial charge >= 0.3 is 0 Å². The molecule has 0 atom stereocenters. The number of piperidine rings is 1. The quantitative estimate of drug-likeness (QED) is 0.868. The number of amides is 1. The van der Waals surface area contributed by atoms with Crippen LogP contribution in [0, 0.1) is 5.92 Å². The fourth-order valence-electron chi connectivity index (χ4n) is 2.58. The Balaban J connectivity index is 1.67. The first-order chi connectivity index (χ1) is 9.29. The monoisotopic (exact) mass is 280 g/mol. The summed E-state index contributed by atoms with van der Waals surface area (Å²) < 4.78 is 0. The third-order valence-electron chi connectivity index (χ3n) is 3.86. The van der Waals surface area contributed by atoms with Crippen molar-refractivity contribution >= 4 is 17.2 Å². The van der Waals surface area contributed by atoms with Crippen LogP contribution < -0.4 is 5.32 Å². The lowest BCUT2D eigenvalue weighted by molar-refractivity contribution is -0.132. The lowest BCUT2D eigenvalue weighted by atomic mass is 9.96. The maximum atomic E-state index is 12.1. The van der Waals surface area contributed by atoms with Crippen molar-refractivity contribution in [2.24, 2.45) is 5.92 Å². The summed E-state index contributed by atoms with van der Waals surface area (Å²) in [6.45, 7) is 6.17. The molecule has 1 amide bonds. The van der Waals surface area contributed by atoms with Crippen LogP contribution in [0.1, 0.15) is 31.7 Å². The minimum Gasteiger partial charge on any atom is -0.343 e. The van der Waals surface area contributed by atoms with E-state index in [0.717, 1.165) is 51.4 Å². The molecule has 19 heavy (non-hydrogen) atoms. The van der Waals surface area contributed by atoms with E-state index >= 15 is 0 Å². The molecule has 3 nitrogen and oxygen atoms in total. The number of nitrogens with one attached hydrogen (secondary N) is 1. The average molecular weight is 280 g/mol. The maximum Gasteiger partial charge on any atom is 0.222 e. The number of thiophene rings is 1. The van der Waals surface area contributed by atoms with Crippen LogP contribution >= 0.6 is 11.3 Å². The summed E-state index contributed by atoms with van der Waals surface area (Å²) in [6.07, 6.45) is 3.85. The summed E-state index contributed by atoms with van der Waals surface area (Å²) in [6, 6.07) is 2.11. The van der Waals surface area contributed by atoms with Gasteiger partial charge in [0.15, 0.2) is 0 Å². The second-order valence-corrected chi connectivity index (χ2v) is 6.04. The first-order valence-corrected chi connectivity index (χ1v) is 8.23. The van der Waals surface area contributed by atoms with Gasteiger partial charge in [0.1, 0.15) is 0 Å². The van der Waals surface area contributed by atoms with Crippen molar-refractivity contribution in [3.8, 4) is 0 Å². The van der Waals surface area contributed by atoms with E-state index in [4.69, 9.17) is 0 Å². The van der Waals surface area contributed by atoms with Crippen LogP contribution in [0.15, 0.2) is 16.8 Å². The lowest BCUT2D eigenvalue weighted by Gasteiger charge is -2.32. The van der Waals surface area contributed by atoms with Crippen LogP contribution in [-0.2, 0) is 11.2 Å². The molecule has 4 heteroatoms. The van der Waals surface area contributed by atoms with Gasteiger partial charge in [0, 0.05) is 19.5 Å². The normalized spacial score (nSPS) is 16.8. The molecule has 1 saturated heterocycles. The zero-order valence-corrected chi connectivity index (χ0v) is 12.5. The fraction of sp³-hybridized carbons (Fsp3) is 0.667. The van der Waals surface area contributed by atoms with E-state index in [0.29, 0.717) is 12.3 Å². The highest BCUT2D eigenvalue weighted by Gasteiger charge is 2.22. The van der Waals surface area contributed by atoms with Crippen molar-refractivity contribution in [3.05, 3.63) is 22.4 Å². The van der Waals surface area contributed by atoms with Gasteiger partial charge in [-0.2, -0.15) is 11.3 Å². The number of hydrogen-bond donors (Lipinski definition) is 1. The van der Waals surface area contributed by atoms with Gasteiger partial charge in [-0.1, -0.05) is 6.92 Å². The van der Waals surface area contributed by atoms with Crippen molar-refractivity contribution < 1.29 is 4.79 Å². The number of rotatable bonds is 6. The summed E-state index contributed by atoms with van der Waals surface area (Å²) in [5.41, 5.74) is 1.29. The van der Waals surface area contributed by atoms with E-state index in [-0.39, 0.29) is 0 Å². The van der Waals surface area contributed by atoms with Crippen LogP contribution in [0.3, 0.4) is 0 Å². The summed E-state index contributed by atoms with van der Waals surface area (Å²) >= 11 is 1.70. The van der Waals surface area contributed by atoms with E-state index in [1.165, 1.54) is 5.56 Å².